The summed E-state index contributed by atoms with van der Waals surface area (Å²) in [6.45, 7) is 3.63. The van der Waals surface area contributed by atoms with E-state index >= 15 is 0 Å². The summed E-state index contributed by atoms with van der Waals surface area (Å²) in [4.78, 5) is 15.3. The van der Waals surface area contributed by atoms with Crippen molar-refractivity contribution < 1.29 is 22.7 Å². The topological polar surface area (TPSA) is 88.2 Å². The van der Waals surface area contributed by atoms with Crippen LogP contribution in [0.3, 0.4) is 0 Å². The van der Waals surface area contributed by atoms with E-state index in [1.165, 1.54) is 39.5 Å². The van der Waals surface area contributed by atoms with Gasteiger partial charge in [0.1, 0.15) is 6.04 Å². The lowest BCUT2D eigenvalue weighted by Crippen LogP contribution is -2.45. The first-order valence-electron chi connectivity index (χ1n) is 10.6. The van der Waals surface area contributed by atoms with Crippen LogP contribution in [0, 0.1) is 0 Å². The molecule has 0 bridgehead atoms. The van der Waals surface area contributed by atoms with Crippen molar-refractivity contribution in [2.24, 2.45) is 0 Å². The number of carbonyl (C=O) groups is 1. The molecular weight excluding hydrogens is 430 g/mol. The third kappa shape index (κ3) is 5.45. The number of methoxy groups -OCH3 is 2. The Bertz CT molecular complexity index is 1030. The molecule has 0 saturated carbocycles. The molecule has 2 aromatic rings. The van der Waals surface area contributed by atoms with E-state index in [9.17, 15) is 13.2 Å². The first-order chi connectivity index (χ1) is 15.2. The molecule has 32 heavy (non-hydrogen) atoms. The van der Waals surface area contributed by atoms with Crippen LogP contribution in [0.5, 0.6) is 11.5 Å². The van der Waals surface area contributed by atoms with Crippen LogP contribution in [0.25, 0.3) is 0 Å². The lowest BCUT2D eigenvalue weighted by atomic mass is 10.1. The first-order valence-corrected chi connectivity index (χ1v) is 12.5. The predicted molar refractivity (Wildman–Crippen MR) is 127 cm³/mol. The Hall–Kier alpha value is -2.94. The summed E-state index contributed by atoms with van der Waals surface area (Å²) >= 11 is 0. The van der Waals surface area contributed by atoms with Crippen molar-refractivity contribution in [3.8, 4) is 11.5 Å². The molecule has 0 radical (unpaired) electrons. The molecule has 1 fully saturated rings. The van der Waals surface area contributed by atoms with Crippen LogP contribution in [-0.2, 0) is 14.8 Å². The van der Waals surface area contributed by atoms with Gasteiger partial charge >= 0.3 is 0 Å². The van der Waals surface area contributed by atoms with Crippen LogP contribution in [-0.4, -0.2) is 53.9 Å². The van der Waals surface area contributed by atoms with E-state index in [1.807, 2.05) is 24.3 Å². The molecule has 1 heterocycles. The van der Waals surface area contributed by atoms with E-state index in [0.717, 1.165) is 29.3 Å². The predicted octanol–water partition coefficient (Wildman–Crippen LogP) is 3.49. The molecule has 9 heteroatoms. The summed E-state index contributed by atoms with van der Waals surface area (Å²) in [7, 11) is -0.784. The third-order valence-corrected chi connectivity index (χ3v) is 6.81. The van der Waals surface area contributed by atoms with Crippen LogP contribution in [0.1, 0.15) is 26.2 Å². The first kappa shape index (κ1) is 23.7. The summed E-state index contributed by atoms with van der Waals surface area (Å²) in [6, 6.07) is 11.4. The van der Waals surface area contributed by atoms with Gasteiger partial charge in [-0.05, 0) is 62.6 Å². The van der Waals surface area contributed by atoms with Gasteiger partial charge in [-0.1, -0.05) is 0 Å². The Kier molecular flexibility index (Phi) is 7.50. The number of sulfonamides is 1. The number of hydrogen-bond donors (Lipinski definition) is 1. The highest BCUT2D eigenvalue weighted by molar-refractivity contribution is 7.92. The lowest BCUT2D eigenvalue weighted by Gasteiger charge is -2.29. The standard InChI is InChI=1S/C23H31N3O5S/c1-17(26(32(4,28)29)20-12-13-21(30-2)22(16-20)31-3)23(27)24-18-8-10-19(11-9-18)25-14-6-5-7-15-25/h8-13,16-17H,5-7,14-15H2,1-4H3,(H,24,27). The molecule has 1 amide bonds. The average molecular weight is 462 g/mol. The Morgan fingerprint density at radius 3 is 2.19 bits per heavy atom. The van der Waals surface area contributed by atoms with E-state index in [4.69, 9.17) is 9.47 Å². The quantitative estimate of drug-likeness (QED) is 0.648. The molecule has 1 N–H and O–H groups in total. The maximum absolute atomic E-state index is 13.0. The van der Waals surface area contributed by atoms with Gasteiger partial charge in [0.25, 0.3) is 0 Å². The van der Waals surface area contributed by atoms with Gasteiger partial charge in [-0.15, -0.1) is 0 Å². The summed E-state index contributed by atoms with van der Waals surface area (Å²) in [6.07, 6.45) is 4.71. The molecule has 3 rings (SSSR count). The molecule has 1 atom stereocenters. The number of nitrogens with one attached hydrogen (secondary N) is 1. The fraction of sp³-hybridized carbons (Fsp3) is 0.435. The van der Waals surface area contributed by atoms with Crippen LogP contribution >= 0.6 is 0 Å². The molecule has 1 aliphatic heterocycles. The van der Waals surface area contributed by atoms with Crippen LogP contribution in [0.2, 0.25) is 0 Å². The second-order valence-electron chi connectivity index (χ2n) is 7.86. The molecule has 0 aliphatic carbocycles. The van der Waals surface area contributed by atoms with Gasteiger partial charge in [0.15, 0.2) is 11.5 Å². The van der Waals surface area contributed by atoms with Gasteiger partial charge < -0.3 is 19.7 Å². The normalized spacial score (nSPS) is 15.1. The number of ether oxygens (including phenoxy) is 2. The van der Waals surface area contributed by atoms with Gasteiger partial charge in [-0.25, -0.2) is 8.42 Å². The Morgan fingerprint density at radius 2 is 1.62 bits per heavy atom. The molecule has 174 valence electrons. The summed E-state index contributed by atoms with van der Waals surface area (Å²) in [5.41, 5.74) is 2.05. The largest absolute Gasteiger partial charge is 0.493 e. The monoisotopic (exact) mass is 461 g/mol. The zero-order valence-electron chi connectivity index (χ0n) is 19.0. The van der Waals surface area contributed by atoms with Crippen molar-refractivity contribution in [2.45, 2.75) is 32.2 Å². The maximum atomic E-state index is 13.0. The van der Waals surface area contributed by atoms with E-state index in [1.54, 1.807) is 19.1 Å². The van der Waals surface area contributed by atoms with Crippen LogP contribution in [0.4, 0.5) is 17.1 Å². The smallest absolute Gasteiger partial charge is 0.247 e. The van der Waals surface area contributed by atoms with Crippen molar-refractivity contribution in [1.82, 2.24) is 0 Å². The average Bonchev–Trinajstić information content (AvgIpc) is 2.79. The van der Waals surface area contributed by atoms with Crippen molar-refractivity contribution in [2.75, 3.05) is 48.1 Å². The lowest BCUT2D eigenvalue weighted by molar-refractivity contribution is -0.116. The molecule has 0 spiro atoms. The van der Waals surface area contributed by atoms with E-state index < -0.39 is 22.0 Å². The highest BCUT2D eigenvalue weighted by Crippen LogP contribution is 2.33. The Morgan fingerprint density at radius 1 is 1.00 bits per heavy atom. The zero-order chi connectivity index (χ0) is 23.3. The molecule has 1 aliphatic rings. The Balaban J connectivity index is 1.78. The van der Waals surface area contributed by atoms with Crippen LogP contribution in [0.15, 0.2) is 42.5 Å². The highest BCUT2D eigenvalue weighted by Gasteiger charge is 2.30. The minimum Gasteiger partial charge on any atom is -0.493 e. The molecule has 1 unspecified atom stereocenters. The number of benzene rings is 2. The van der Waals surface area contributed by atoms with E-state index in [-0.39, 0.29) is 0 Å². The van der Waals surface area contributed by atoms with Gasteiger partial charge in [-0.3, -0.25) is 9.10 Å². The van der Waals surface area contributed by atoms with Crippen molar-refractivity contribution in [3.63, 3.8) is 0 Å². The van der Waals surface area contributed by atoms with Crippen molar-refractivity contribution >= 4 is 33.0 Å². The Labute approximate surface area is 190 Å². The number of piperidine rings is 1. The summed E-state index contributed by atoms with van der Waals surface area (Å²) in [5, 5.41) is 2.83. The number of rotatable bonds is 8. The maximum Gasteiger partial charge on any atom is 0.247 e. The number of amides is 1. The minimum atomic E-state index is -3.75. The number of nitrogens with zero attached hydrogens (tertiary/aromatic N) is 2. The van der Waals surface area contributed by atoms with Gasteiger partial charge in [0.2, 0.25) is 15.9 Å². The second-order valence-corrected chi connectivity index (χ2v) is 9.72. The van der Waals surface area contributed by atoms with E-state index in [2.05, 4.69) is 10.2 Å². The minimum absolute atomic E-state index is 0.313. The number of anilines is 3. The molecule has 1 saturated heterocycles. The highest BCUT2D eigenvalue weighted by atomic mass is 32.2. The SMILES string of the molecule is COc1ccc(N(C(C)C(=O)Nc2ccc(N3CCCCC3)cc2)S(C)(=O)=O)cc1OC. The molecular formula is C23H31N3O5S. The fourth-order valence-electron chi connectivity index (χ4n) is 3.93. The summed E-state index contributed by atoms with van der Waals surface area (Å²) in [5.74, 6) is 0.408. The molecule has 0 aromatic heterocycles. The van der Waals surface area contributed by atoms with Crippen LogP contribution < -0.4 is 24.0 Å². The van der Waals surface area contributed by atoms with E-state index in [0.29, 0.717) is 22.9 Å². The van der Waals surface area contributed by atoms with Gasteiger partial charge in [0, 0.05) is 30.5 Å². The second kappa shape index (κ2) is 10.1. The number of hydrogen-bond acceptors (Lipinski definition) is 6. The summed E-state index contributed by atoms with van der Waals surface area (Å²) < 4.78 is 36.7. The van der Waals surface area contributed by atoms with Crippen molar-refractivity contribution in [1.29, 1.82) is 0 Å². The fourth-order valence-corrected chi connectivity index (χ4v) is 5.09. The van der Waals surface area contributed by atoms with Gasteiger partial charge in [0.05, 0.1) is 26.2 Å². The van der Waals surface area contributed by atoms with Gasteiger partial charge in [-0.2, -0.15) is 0 Å². The zero-order valence-corrected chi connectivity index (χ0v) is 19.8. The molecule has 2 aromatic carbocycles. The third-order valence-electron chi connectivity index (χ3n) is 5.57. The molecule has 8 nitrogen and oxygen atoms in total. The number of carbonyl (C=O) groups excluding carboxylic acids is 1. The van der Waals surface area contributed by atoms with Crippen molar-refractivity contribution in [3.05, 3.63) is 42.5 Å².